The Morgan fingerprint density at radius 1 is 0.982 bits per heavy atom. The summed E-state index contributed by atoms with van der Waals surface area (Å²) in [7, 11) is -8.42. The number of fused-ring (bicyclic) bond motifs is 4. The summed E-state index contributed by atoms with van der Waals surface area (Å²) in [5, 5.41) is 2.04. The largest absolute Gasteiger partial charge is 0.454 e. The number of allylic oxidation sites excluding steroid dienone is 1. The van der Waals surface area contributed by atoms with Gasteiger partial charge < -0.3 is 29.2 Å². The molecule has 1 saturated heterocycles. The van der Waals surface area contributed by atoms with Crippen molar-refractivity contribution in [2.75, 3.05) is 19.6 Å². The van der Waals surface area contributed by atoms with Crippen molar-refractivity contribution < 1.29 is 59.8 Å². The molecule has 5 amide bonds. The van der Waals surface area contributed by atoms with Crippen LogP contribution in [0.5, 0.6) is 11.5 Å². The number of nitrogens with zero attached hydrogens (tertiary/aromatic N) is 3. The highest BCUT2D eigenvalue weighted by Crippen LogP contribution is 2.46. The molecule has 2 N–H and O–H groups in total. The fourth-order valence-electron chi connectivity index (χ4n) is 7.85. The second-order valence-electron chi connectivity index (χ2n) is 16.6. The standard InChI is InChI=1S/C37H49N5O13S2/c1-36(2,3)55-35(47)42(56(4,48)49)27-11-9-7-5-6-8-10-24-17-37(24,33(45)39-57(50,51)26-12-13-26)38-31(43)28-16-25(20-41(28)32(27)44)54-34(46)40-18-22-14-29-30(53-21-52-29)15-23(22)19-40/h8,10,14-15,24-28H,5-7,9,11-13,16-21H2,1-4H3,(H,38,43)(H,39,45)/t24-,25-,27+,28+,37-/m1/s1. The maximum Gasteiger partial charge on any atom is 0.424 e. The van der Waals surface area contributed by atoms with Crippen LogP contribution < -0.4 is 19.5 Å². The topological polar surface area (TPSA) is 224 Å². The van der Waals surface area contributed by atoms with Crippen LogP contribution >= 0.6 is 0 Å². The zero-order chi connectivity index (χ0) is 41.1. The van der Waals surface area contributed by atoms with Crippen LogP contribution in [0, 0.1) is 5.92 Å². The molecule has 0 aromatic heterocycles. The van der Waals surface area contributed by atoms with Crippen molar-refractivity contribution in [3.63, 3.8) is 0 Å². The van der Waals surface area contributed by atoms with E-state index >= 15 is 0 Å². The first kappa shape index (κ1) is 40.6. The second-order valence-corrected chi connectivity index (χ2v) is 20.5. The fraction of sp³-hybridized carbons (Fsp3) is 0.649. The number of benzene rings is 1. The Kier molecular flexibility index (Phi) is 10.7. The molecule has 18 nitrogen and oxygen atoms in total. The first-order valence-electron chi connectivity index (χ1n) is 19.2. The third-order valence-electron chi connectivity index (χ3n) is 11.0. The Balaban J connectivity index is 1.18. The maximum absolute atomic E-state index is 14.8. The molecule has 0 bridgehead atoms. The smallest absolute Gasteiger partial charge is 0.424 e. The summed E-state index contributed by atoms with van der Waals surface area (Å²) in [5.74, 6) is -2.07. The molecule has 3 fully saturated rings. The van der Waals surface area contributed by atoms with Crippen LogP contribution in [0.3, 0.4) is 0 Å². The summed E-state index contributed by atoms with van der Waals surface area (Å²) in [5.41, 5.74) is -1.11. The number of carbonyl (C=O) groups excluding carboxylic acids is 5. The zero-order valence-corrected chi connectivity index (χ0v) is 34.0. The average molecular weight is 836 g/mol. The van der Waals surface area contributed by atoms with Crippen LogP contribution in [0.25, 0.3) is 0 Å². The van der Waals surface area contributed by atoms with Gasteiger partial charge in [0, 0.05) is 25.4 Å². The minimum absolute atomic E-state index is 0.0956. The van der Waals surface area contributed by atoms with Crippen LogP contribution in [0.15, 0.2) is 24.3 Å². The van der Waals surface area contributed by atoms with Gasteiger partial charge in [-0.3, -0.25) is 24.0 Å². The van der Waals surface area contributed by atoms with Gasteiger partial charge in [0.05, 0.1) is 18.1 Å². The van der Waals surface area contributed by atoms with Gasteiger partial charge in [0.2, 0.25) is 38.7 Å². The fourth-order valence-corrected chi connectivity index (χ4v) is 10.2. The van der Waals surface area contributed by atoms with Crippen molar-refractivity contribution in [3.8, 4) is 11.5 Å². The van der Waals surface area contributed by atoms with Crippen molar-refractivity contribution in [1.29, 1.82) is 0 Å². The van der Waals surface area contributed by atoms with E-state index in [9.17, 15) is 40.8 Å². The summed E-state index contributed by atoms with van der Waals surface area (Å²) < 4.78 is 77.2. The molecule has 0 unspecified atom stereocenters. The molecule has 0 spiro atoms. The van der Waals surface area contributed by atoms with Gasteiger partial charge in [0.25, 0.3) is 5.91 Å². The van der Waals surface area contributed by atoms with E-state index in [1.165, 1.54) is 4.90 Å². The highest BCUT2D eigenvalue weighted by molar-refractivity contribution is 7.91. The molecule has 312 valence electrons. The molecular formula is C37H49N5O13S2. The zero-order valence-electron chi connectivity index (χ0n) is 32.4. The lowest BCUT2D eigenvalue weighted by atomic mass is 10.0. The quantitative estimate of drug-likeness (QED) is 0.394. The summed E-state index contributed by atoms with van der Waals surface area (Å²) in [6.07, 6.45) is 3.94. The van der Waals surface area contributed by atoms with E-state index in [0.29, 0.717) is 54.3 Å². The van der Waals surface area contributed by atoms with E-state index in [2.05, 4.69) is 10.0 Å². The van der Waals surface area contributed by atoms with Gasteiger partial charge in [-0.05, 0) is 82.6 Å². The van der Waals surface area contributed by atoms with Gasteiger partial charge in [0.1, 0.15) is 29.3 Å². The summed E-state index contributed by atoms with van der Waals surface area (Å²) >= 11 is 0. The monoisotopic (exact) mass is 835 g/mol. The van der Waals surface area contributed by atoms with Crippen LogP contribution in [0.2, 0.25) is 0 Å². The van der Waals surface area contributed by atoms with E-state index in [-0.39, 0.29) is 45.7 Å². The van der Waals surface area contributed by atoms with Gasteiger partial charge in [0.15, 0.2) is 11.5 Å². The van der Waals surface area contributed by atoms with Gasteiger partial charge in [-0.2, -0.15) is 4.31 Å². The van der Waals surface area contributed by atoms with Crippen LogP contribution in [-0.4, -0.2) is 115 Å². The van der Waals surface area contributed by atoms with Crippen LogP contribution in [0.4, 0.5) is 9.59 Å². The molecule has 57 heavy (non-hydrogen) atoms. The third-order valence-corrected chi connectivity index (χ3v) is 13.9. The van der Waals surface area contributed by atoms with Crippen molar-refractivity contribution in [2.45, 2.75) is 126 Å². The lowest BCUT2D eigenvalue weighted by Crippen LogP contribution is -2.59. The molecular weight excluding hydrogens is 787 g/mol. The number of nitrogens with one attached hydrogen (secondary N) is 2. The predicted octanol–water partition coefficient (Wildman–Crippen LogP) is 2.41. The molecule has 4 aliphatic heterocycles. The van der Waals surface area contributed by atoms with Gasteiger partial charge in [-0.15, -0.1) is 0 Å². The first-order chi connectivity index (χ1) is 26.8. The summed E-state index contributed by atoms with van der Waals surface area (Å²) in [6.45, 7) is 4.80. The number of sulfonamides is 2. The SMILES string of the molecule is CC(C)(C)OC(=O)N([C@H]1CCCCCC=C[C@@H]2C[C@@]2(C(=O)NS(=O)(=O)C2CC2)NC(=O)[C@@H]2C[C@@H](OC(=O)N3Cc4cc5c(cc4C3)OCO5)CN2C1=O)S(C)(=O)=O. The highest BCUT2D eigenvalue weighted by atomic mass is 32.2. The van der Waals surface area contributed by atoms with E-state index in [1.54, 1.807) is 39.0 Å². The Labute approximate surface area is 331 Å². The minimum atomic E-state index is -4.43. The van der Waals surface area contributed by atoms with Crippen molar-refractivity contribution in [2.24, 2.45) is 5.92 Å². The molecule has 2 saturated carbocycles. The Hall–Kier alpha value is -4.59. The molecule has 0 radical (unpaired) electrons. The first-order valence-corrected chi connectivity index (χ1v) is 22.6. The van der Waals surface area contributed by atoms with Crippen molar-refractivity contribution >= 4 is 50.0 Å². The van der Waals surface area contributed by atoms with Crippen molar-refractivity contribution in [1.82, 2.24) is 24.1 Å². The van der Waals surface area contributed by atoms with E-state index in [4.69, 9.17) is 18.9 Å². The molecule has 6 aliphatic rings. The Morgan fingerprint density at radius 2 is 1.65 bits per heavy atom. The van der Waals surface area contributed by atoms with Gasteiger partial charge in [-0.25, -0.2) is 26.4 Å². The normalized spacial score (nSPS) is 27.6. The highest BCUT2D eigenvalue weighted by Gasteiger charge is 2.62. The Morgan fingerprint density at radius 3 is 2.26 bits per heavy atom. The molecule has 2 aliphatic carbocycles. The average Bonchev–Trinajstić information content (AvgIpc) is 3.92. The maximum atomic E-state index is 14.8. The molecule has 20 heteroatoms. The Bertz CT molecular complexity index is 2070. The number of rotatable bonds is 6. The number of amides is 5. The lowest BCUT2D eigenvalue weighted by Gasteiger charge is -2.35. The van der Waals surface area contributed by atoms with Gasteiger partial charge in [-0.1, -0.05) is 25.0 Å². The predicted molar refractivity (Wildman–Crippen MR) is 200 cm³/mol. The van der Waals surface area contributed by atoms with E-state index in [0.717, 1.165) is 22.3 Å². The molecule has 5 atom stereocenters. The lowest BCUT2D eigenvalue weighted by molar-refractivity contribution is -0.142. The van der Waals surface area contributed by atoms with Crippen LogP contribution in [-0.2, 0) is 57.0 Å². The number of hydrogen-bond acceptors (Lipinski definition) is 13. The number of carbonyl (C=O) groups is 5. The summed E-state index contributed by atoms with van der Waals surface area (Å²) in [6, 6.07) is 0.544. The van der Waals surface area contributed by atoms with Crippen molar-refractivity contribution in [3.05, 3.63) is 35.4 Å². The summed E-state index contributed by atoms with van der Waals surface area (Å²) in [4.78, 5) is 72.6. The third kappa shape index (κ3) is 8.66. The minimum Gasteiger partial charge on any atom is -0.454 e. The van der Waals surface area contributed by atoms with Crippen LogP contribution in [0.1, 0.15) is 89.7 Å². The molecule has 7 rings (SSSR count). The molecule has 1 aromatic carbocycles. The number of hydrogen-bond donors (Lipinski definition) is 2. The van der Waals surface area contributed by atoms with Gasteiger partial charge >= 0.3 is 12.2 Å². The van der Waals surface area contributed by atoms with E-state index < -0.39 is 90.5 Å². The number of ether oxygens (including phenoxy) is 4. The van der Waals surface area contributed by atoms with E-state index in [1.807, 2.05) is 6.08 Å². The molecule has 4 heterocycles. The second kappa shape index (κ2) is 15.0. The molecule has 1 aromatic rings.